The number of aryl methyl sites for hydroxylation is 1. The number of carbonyl (C=O) groups is 1. The number of amides is 1. The maximum Gasteiger partial charge on any atom is 0.254 e. The molecule has 0 saturated carbocycles. The number of aromatic nitrogens is 1. The predicted octanol–water partition coefficient (Wildman–Crippen LogP) is 4.18. The van der Waals surface area contributed by atoms with Crippen molar-refractivity contribution in [2.75, 3.05) is 6.54 Å². The number of hydrogen-bond donors (Lipinski definition) is 0. The number of rotatable bonds is 2. The van der Waals surface area contributed by atoms with Gasteiger partial charge in [-0.1, -0.05) is 48.0 Å². The van der Waals surface area contributed by atoms with Crippen LogP contribution in [0.3, 0.4) is 0 Å². The second-order valence-electron chi connectivity index (χ2n) is 6.51. The van der Waals surface area contributed by atoms with Crippen LogP contribution in [0.4, 0.5) is 0 Å². The molecule has 1 aliphatic rings. The maximum absolute atomic E-state index is 13.3. The van der Waals surface area contributed by atoms with Crippen molar-refractivity contribution in [1.82, 2.24) is 9.88 Å². The number of nitrogens with zero attached hydrogens (tertiary/aromatic N) is 2. The van der Waals surface area contributed by atoms with Crippen molar-refractivity contribution in [3.8, 4) is 0 Å². The smallest absolute Gasteiger partial charge is 0.254 e. The molecule has 0 bridgehead atoms. The number of fused-ring (bicyclic) bond motifs is 1. The van der Waals surface area contributed by atoms with Gasteiger partial charge in [0.05, 0.1) is 6.04 Å². The molecule has 0 N–H and O–H groups in total. The largest absolute Gasteiger partial charge is 0.327 e. The first-order valence-electron chi connectivity index (χ1n) is 8.59. The molecule has 2 heterocycles. The van der Waals surface area contributed by atoms with Gasteiger partial charge in [-0.25, -0.2) is 0 Å². The summed E-state index contributed by atoms with van der Waals surface area (Å²) >= 11 is 0. The third-order valence-corrected chi connectivity index (χ3v) is 4.81. The molecule has 0 fully saturated rings. The van der Waals surface area contributed by atoms with Gasteiger partial charge in [0.1, 0.15) is 0 Å². The molecular formula is C22H20N2O. The lowest BCUT2D eigenvalue weighted by atomic mass is 9.88. The van der Waals surface area contributed by atoms with E-state index in [9.17, 15) is 4.79 Å². The zero-order valence-corrected chi connectivity index (χ0v) is 14.2. The summed E-state index contributed by atoms with van der Waals surface area (Å²) in [5, 5.41) is 0. The van der Waals surface area contributed by atoms with Gasteiger partial charge >= 0.3 is 0 Å². The molecule has 3 nitrogen and oxygen atoms in total. The van der Waals surface area contributed by atoms with Gasteiger partial charge in [0.2, 0.25) is 0 Å². The van der Waals surface area contributed by atoms with Crippen LogP contribution in [0.1, 0.15) is 38.7 Å². The van der Waals surface area contributed by atoms with E-state index in [4.69, 9.17) is 0 Å². The van der Waals surface area contributed by atoms with Crippen molar-refractivity contribution in [3.63, 3.8) is 0 Å². The molecule has 2 aromatic carbocycles. The molecule has 25 heavy (non-hydrogen) atoms. The summed E-state index contributed by atoms with van der Waals surface area (Å²) < 4.78 is 0. The van der Waals surface area contributed by atoms with E-state index in [0.29, 0.717) is 6.54 Å². The highest BCUT2D eigenvalue weighted by Crippen LogP contribution is 2.35. The van der Waals surface area contributed by atoms with E-state index in [0.717, 1.165) is 23.1 Å². The SMILES string of the molecule is Cc1cccc(C(=O)N2CCc3ccccc3C2c2cccnc2)c1. The quantitative estimate of drug-likeness (QED) is 0.707. The molecule has 0 saturated heterocycles. The van der Waals surface area contributed by atoms with E-state index >= 15 is 0 Å². The fourth-order valence-electron chi connectivity index (χ4n) is 3.63. The van der Waals surface area contributed by atoms with Gasteiger partial charge in [-0.2, -0.15) is 0 Å². The molecule has 0 spiro atoms. The van der Waals surface area contributed by atoms with Crippen LogP contribution in [0.25, 0.3) is 0 Å². The molecule has 1 atom stereocenters. The first kappa shape index (κ1) is 15.6. The lowest BCUT2D eigenvalue weighted by Gasteiger charge is -2.37. The van der Waals surface area contributed by atoms with Gasteiger partial charge in [0.15, 0.2) is 0 Å². The van der Waals surface area contributed by atoms with Crippen molar-refractivity contribution >= 4 is 5.91 Å². The second kappa shape index (κ2) is 6.52. The molecule has 1 aliphatic heterocycles. The van der Waals surface area contributed by atoms with Gasteiger partial charge in [-0.15, -0.1) is 0 Å². The van der Waals surface area contributed by atoms with E-state index in [1.165, 1.54) is 11.1 Å². The van der Waals surface area contributed by atoms with E-state index in [1.807, 2.05) is 54.4 Å². The first-order chi connectivity index (χ1) is 12.2. The Morgan fingerprint density at radius 3 is 2.76 bits per heavy atom. The van der Waals surface area contributed by atoms with E-state index in [2.05, 4.69) is 29.2 Å². The minimum Gasteiger partial charge on any atom is -0.327 e. The number of benzene rings is 2. The number of pyridine rings is 1. The Bertz CT molecular complexity index is 905. The van der Waals surface area contributed by atoms with E-state index < -0.39 is 0 Å². The van der Waals surface area contributed by atoms with Crippen molar-refractivity contribution in [2.24, 2.45) is 0 Å². The molecule has 3 aromatic rings. The lowest BCUT2D eigenvalue weighted by Crippen LogP contribution is -2.40. The van der Waals surface area contributed by atoms with E-state index in [1.54, 1.807) is 6.20 Å². The fourth-order valence-corrected chi connectivity index (χ4v) is 3.63. The minimum absolute atomic E-state index is 0.0760. The van der Waals surface area contributed by atoms with Gasteiger partial charge in [0.25, 0.3) is 5.91 Å². The molecule has 1 unspecified atom stereocenters. The molecule has 4 rings (SSSR count). The lowest BCUT2D eigenvalue weighted by molar-refractivity contribution is 0.0694. The van der Waals surface area contributed by atoms with Crippen LogP contribution in [-0.4, -0.2) is 22.3 Å². The predicted molar refractivity (Wildman–Crippen MR) is 98.4 cm³/mol. The summed E-state index contributed by atoms with van der Waals surface area (Å²) in [7, 11) is 0. The van der Waals surface area contributed by atoms with Crippen LogP contribution < -0.4 is 0 Å². The summed E-state index contributed by atoms with van der Waals surface area (Å²) in [4.78, 5) is 19.5. The summed E-state index contributed by atoms with van der Waals surface area (Å²) in [5.41, 5.74) is 5.40. The number of carbonyl (C=O) groups excluding carboxylic acids is 1. The maximum atomic E-state index is 13.3. The van der Waals surface area contributed by atoms with Crippen molar-refractivity contribution in [2.45, 2.75) is 19.4 Å². The van der Waals surface area contributed by atoms with Crippen LogP contribution in [0.5, 0.6) is 0 Å². The van der Waals surface area contributed by atoms with Crippen LogP contribution in [0.2, 0.25) is 0 Å². The molecule has 1 amide bonds. The molecular weight excluding hydrogens is 308 g/mol. The van der Waals surface area contributed by atoms with Gasteiger partial charge in [-0.3, -0.25) is 9.78 Å². The molecule has 124 valence electrons. The van der Waals surface area contributed by atoms with E-state index in [-0.39, 0.29) is 11.9 Å². The van der Waals surface area contributed by atoms with Crippen molar-refractivity contribution < 1.29 is 4.79 Å². The van der Waals surface area contributed by atoms with Gasteiger partial charge < -0.3 is 4.90 Å². The van der Waals surface area contributed by atoms with Crippen LogP contribution in [0.15, 0.2) is 73.1 Å². The number of hydrogen-bond acceptors (Lipinski definition) is 2. The third kappa shape index (κ3) is 2.93. The zero-order valence-electron chi connectivity index (χ0n) is 14.2. The topological polar surface area (TPSA) is 33.2 Å². The Labute approximate surface area is 148 Å². The Morgan fingerprint density at radius 2 is 1.96 bits per heavy atom. The normalized spacial score (nSPS) is 16.4. The average Bonchev–Trinajstić information content (AvgIpc) is 2.67. The highest BCUT2D eigenvalue weighted by molar-refractivity contribution is 5.95. The van der Waals surface area contributed by atoms with Crippen LogP contribution in [-0.2, 0) is 6.42 Å². The molecule has 1 aromatic heterocycles. The van der Waals surface area contributed by atoms with Gasteiger partial charge in [0, 0.05) is 24.5 Å². The Hall–Kier alpha value is -2.94. The standard InChI is InChI=1S/C22H20N2O/c1-16-6-4-8-18(14-16)22(25)24-13-11-17-7-2-3-10-20(17)21(24)19-9-5-12-23-15-19/h2-10,12,14-15,21H,11,13H2,1H3. The van der Waals surface area contributed by atoms with Crippen molar-refractivity contribution in [3.05, 3.63) is 101 Å². The Morgan fingerprint density at radius 1 is 1.08 bits per heavy atom. The third-order valence-electron chi connectivity index (χ3n) is 4.81. The van der Waals surface area contributed by atoms with Crippen molar-refractivity contribution in [1.29, 1.82) is 0 Å². The molecule has 0 radical (unpaired) electrons. The van der Waals surface area contributed by atoms with Crippen LogP contribution >= 0.6 is 0 Å². The zero-order chi connectivity index (χ0) is 17.2. The highest BCUT2D eigenvalue weighted by atomic mass is 16.2. The summed E-state index contributed by atoms with van der Waals surface area (Å²) in [6.07, 6.45) is 4.51. The monoisotopic (exact) mass is 328 g/mol. The highest BCUT2D eigenvalue weighted by Gasteiger charge is 2.32. The Balaban J connectivity index is 1.80. The van der Waals surface area contributed by atoms with Crippen LogP contribution in [0, 0.1) is 6.92 Å². The Kier molecular flexibility index (Phi) is 4.06. The summed E-state index contributed by atoms with van der Waals surface area (Å²) in [6, 6.07) is 20.1. The molecule has 3 heteroatoms. The second-order valence-corrected chi connectivity index (χ2v) is 6.51. The summed E-state index contributed by atoms with van der Waals surface area (Å²) in [6.45, 7) is 2.73. The summed E-state index contributed by atoms with van der Waals surface area (Å²) in [5.74, 6) is 0.0760. The van der Waals surface area contributed by atoms with Gasteiger partial charge in [-0.05, 0) is 48.2 Å². The molecule has 0 aliphatic carbocycles. The minimum atomic E-state index is -0.0911. The fraction of sp³-hybridized carbons (Fsp3) is 0.182. The first-order valence-corrected chi connectivity index (χ1v) is 8.59. The average molecular weight is 328 g/mol.